The molecular weight excluding hydrogens is 206 g/mol. The molecule has 5 heteroatoms. The summed E-state index contributed by atoms with van der Waals surface area (Å²) in [5.74, 6) is -0.900. The zero-order chi connectivity index (χ0) is 12.1. The second kappa shape index (κ2) is 5.27. The Morgan fingerprint density at radius 2 is 1.88 bits per heavy atom. The van der Waals surface area contributed by atoms with Crippen molar-refractivity contribution in [2.24, 2.45) is 11.5 Å². The first kappa shape index (κ1) is 12.2. The Morgan fingerprint density at radius 3 is 2.31 bits per heavy atom. The zero-order valence-corrected chi connectivity index (χ0v) is 9.09. The van der Waals surface area contributed by atoms with Crippen LogP contribution in [0.3, 0.4) is 0 Å². The lowest BCUT2D eigenvalue weighted by atomic mass is 10.2. The van der Waals surface area contributed by atoms with Crippen LogP contribution >= 0.6 is 0 Å². The highest BCUT2D eigenvalue weighted by molar-refractivity contribution is 6.00. The number of carbonyl (C=O) groups excluding carboxylic acids is 2. The zero-order valence-electron chi connectivity index (χ0n) is 9.09. The van der Waals surface area contributed by atoms with Gasteiger partial charge in [0.15, 0.2) is 0 Å². The summed E-state index contributed by atoms with van der Waals surface area (Å²) in [5, 5.41) is 0. The molecule has 1 rings (SSSR count). The molecular formula is C11H15N3O2. The first-order valence-electron chi connectivity index (χ1n) is 4.92. The van der Waals surface area contributed by atoms with Gasteiger partial charge in [-0.3, -0.25) is 9.59 Å². The Bertz CT molecular complexity index is 376. The first-order chi connectivity index (χ1) is 7.52. The lowest BCUT2D eigenvalue weighted by molar-refractivity contribution is -0.122. The molecule has 0 fully saturated rings. The number of amides is 2. The Kier molecular flexibility index (Phi) is 4.02. The van der Waals surface area contributed by atoms with Crippen molar-refractivity contribution in [3.05, 3.63) is 30.3 Å². The number of hydrogen-bond donors (Lipinski definition) is 2. The molecule has 0 aromatic heterocycles. The van der Waals surface area contributed by atoms with Gasteiger partial charge in [0.05, 0.1) is 6.04 Å². The van der Waals surface area contributed by atoms with Gasteiger partial charge in [-0.05, 0) is 19.1 Å². The smallest absolute Gasteiger partial charge is 0.244 e. The maximum atomic E-state index is 11.8. The van der Waals surface area contributed by atoms with E-state index in [9.17, 15) is 9.59 Å². The van der Waals surface area contributed by atoms with E-state index in [1.54, 1.807) is 31.2 Å². The molecule has 0 spiro atoms. The van der Waals surface area contributed by atoms with Crippen molar-refractivity contribution in [1.29, 1.82) is 0 Å². The van der Waals surface area contributed by atoms with Crippen molar-refractivity contribution in [3.63, 3.8) is 0 Å². The molecule has 1 atom stereocenters. The van der Waals surface area contributed by atoms with Crippen molar-refractivity contribution in [1.82, 2.24) is 0 Å². The van der Waals surface area contributed by atoms with E-state index in [0.29, 0.717) is 5.69 Å². The average Bonchev–Trinajstić information content (AvgIpc) is 2.26. The second-order valence-electron chi connectivity index (χ2n) is 3.51. The molecule has 5 nitrogen and oxygen atoms in total. The topological polar surface area (TPSA) is 89.4 Å². The van der Waals surface area contributed by atoms with Gasteiger partial charge in [-0.15, -0.1) is 0 Å². The van der Waals surface area contributed by atoms with E-state index in [1.807, 2.05) is 6.07 Å². The molecule has 1 aromatic carbocycles. The maximum absolute atomic E-state index is 11.8. The number of rotatable bonds is 4. The van der Waals surface area contributed by atoms with Crippen LogP contribution in [-0.2, 0) is 9.59 Å². The van der Waals surface area contributed by atoms with Crippen LogP contribution in [0.2, 0.25) is 0 Å². The summed E-state index contributed by atoms with van der Waals surface area (Å²) in [6, 6.07) is 8.16. The van der Waals surface area contributed by atoms with E-state index in [-0.39, 0.29) is 12.5 Å². The first-order valence-corrected chi connectivity index (χ1v) is 4.92. The van der Waals surface area contributed by atoms with Crippen molar-refractivity contribution in [2.75, 3.05) is 11.4 Å². The van der Waals surface area contributed by atoms with Crippen molar-refractivity contribution in [3.8, 4) is 0 Å². The van der Waals surface area contributed by atoms with E-state index in [1.165, 1.54) is 4.90 Å². The third-order valence-corrected chi connectivity index (χ3v) is 2.04. The Hall–Kier alpha value is -1.88. The van der Waals surface area contributed by atoms with Gasteiger partial charge in [-0.2, -0.15) is 0 Å². The molecule has 0 aliphatic carbocycles. The van der Waals surface area contributed by atoms with Gasteiger partial charge in [-0.1, -0.05) is 18.2 Å². The number of carbonyl (C=O) groups is 2. The van der Waals surface area contributed by atoms with Gasteiger partial charge in [0.2, 0.25) is 11.8 Å². The van der Waals surface area contributed by atoms with Crippen LogP contribution in [0.15, 0.2) is 30.3 Å². The van der Waals surface area contributed by atoms with Gasteiger partial charge in [-0.25, -0.2) is 0 Å². The highest BCUT2D eigenvalue weighted by Gasteiger charge is 2.20. The number of para-hydroxylation sites is 1. The number of primary amides is 1. The number of benzene rings is 1. The predicted molar refractivity (Wildman–Crippen MR) is 61.6 cm³/mol. The fourth-order valence-corrected chi connectivity index (χ4v) is 1.31. The minimum atomic E-state index is -0.667. The molecule has 2 amide bonds. The molecule has 4 N–H and O–H groups in total. The molecule has 0 aliphatic heterocycles. The summed E-state index contributed by atoms with van der Waals surface area (Å²) in [6.45, 7) is 1.41. The second-order valence-corrected chi connectivity index (χ2v) is 3.51. The van der Waals surface area contributed by atoms with Crippen LogP contribution in [0, 0.1) is 0 Å². The summed E-state index contributed by atoms with van der Waals surface area (Å²) in [5.41, 5.74) is 11.2. The predicted octanol–water partition coefficient (Wildman–Crippen LogP) is -0.148. The van der Waals surface area contributed by atoms with Crippen LogP contribution in [-0.4, -0.2) is 24.4 Å². The lowest BCUT2D eigenvalue weighted by Gasteiger charge is -2.22. The standard InChI is InChI=1S/C11H15N3O2/c1-8(12)11(16)14(7-10(13)15)9-5-3-2-4-6-9/h2-6,8H,7,12H2,1H3,(H2,13,15). The van der Waals surface area contributed by atoms with Crippen LogP contribution in [0.1, 0.15) is 6.92 Å². The van der Waals surface area contributed by atoms with E-state index in [4.69, 9.17) is 11.5 Å². The normalized spacial score (nSPS) is 11.9. The number of hydrogen-bond acceptors (Lipinski definition) is 3. The highest BCUT2D eigenvalue weighted by Crippen LogP contribution is 2.13. The molecule has 1 unspecified atom stereocenters. The van der Waals surface area contributed by atoms with Crippen LogP contribution in [0.5, 0.6) is 0 Å². The van der Waals surface area contributed by atoms with E-state index >= 15 is 0 Å². The molecule has 0 heterocycles. The summed E-state index contributed by atoms with van der Waals surface area (Å²) >= 11 is 0. The quantitative estimate of drug-likeness (QED) is 0.741. The molecule has 16 heavy (non-hydrogen) atoms. The monoisotopic (exact) mass is 221 g/mol. The maximum Gasteiger partial charge on any atom is 0.244 e. The average molecular weight is 221 g/mol. The van der Waals surface area contributed by atoms with Crippen LogP contribution in [0.4, 0.5) is 5.69 Å². The number of nitrogens with zero attached hydrogens (tertiary/aromatic N) is 1. The fourth-order valence-electron chi connectivity index (χ4n) is 1.31. The lowest BCUT2D eigenvalue weighted by Crippen LogP contribution is -2.46. The minimum Gasteiger partial charge on any atom is -0.368 e. The van der Waals surface area contributed by atoms with Crippen LogP contribution < -0.4 is 16.4 Å². The highest BCUT2D eigenvalue weighted by atomic mass is 16.2. The van der Waals surface area contributed by atoms with E-state index < -0.39 is 11.9 Å². The Morgan fingerprint density at radius 1 is 1.31 bits per heavy atom. The van der Waals surface area contributed by atoms with Gasteiger partial charge in [0, 0.05) is 5.69 Å². The Balaban J connectivity index is 2.96. The van der Waals surface area contributed by atoms with Gasteiger partial charge < -0.3 is 16.4 Å². The Labute approximate surface area is 94.0 Å². The van der Waals surface area contributed by atoms with Crippen molar-refractivity contribution < 1.29 is 9.59 Å². The molecule has 0 saturated heterocycles. The molecule has 1 aromatic rings. The molecule has 86 valence electrons. The minimum absolute atomic E-state index is 0.162. The SMILES string of the molecule is CC(N)C(=O)N(CC(N)=O)c1ccccc1. The van der Waals surface area contributed by atoms with Crippen molar-refractivity contribution in [2.45, 2.75) is 13.0 Å². The van der Waals surface area contributed by atoms with Gasteiger partial charge >= 0.3 is 0 Å². The molecule has 0 aliphatic rings. The van der Waals surface area contributed by atoms with E-state index in [0.717, 1.165) is 0 Å². The summed E-state index contributed by atoms with van der Waals surface area (Å²) in [7, 11) is 0. The molecule has 0 radical (unpaired) electrons. The van der Waals surface area contributed by atoms with Crippen molar-refractivity contribution >= 4 is 17.5 Å². The summed E-state index contributed by atoms with van der Waals surface area (Å²) in [6.07, 6.45) is 0. The number of nitrogens with two attached hydrogens (primary N) is 2. The van der Waals surface area contributed by atoms with Gasteiger partial charge in [0.25, 0.3) is 0 Å². The third kappa shape index (κ3) is 3.06. The third-order valence-electron chi connectivity index (χ3n) is 2.04. The summed E-state index contributed by atoms with van der Waals surface area (Å²) in [4.78, 5) is 24.0. The largest absolute Gasteiger partial charge is 0.368 e. The molecule has 0 saturated carbocycles. The van der Waals surface area contributed by atoms with E-state index in [2.05, 4.69) is 0 Å². The summed E-state index contributed by atoms with van der Waals surface area (Å²) < 4.78 is 0. The van der Waals surface area contributed by atoms with Gasteiger partial charge in [0.1, 0.15) is 6.54 Å². The van der Waals surface area contributed by atoms with Crippen LogP contribution in [0.25, 0.3) is 0 Å². The fraction of sp³-hybridized carbons (Fsp3) is 0.273. The molecule has 0 bridgehead atoms. The number of anilines is 1.